The summed E-state index contributed by atoms with van der Waals surface area (Å²) in [4.78, 5) is 12.0. The molecule has 4 aliphatic carbocycles. The highest BCUT2D eigenvalue weighted by molar-refractivity contribution is 5.66. The lowest BCUT2D eigenvalue weighted by Gasteiger charge is -2.62. The van der Waals surface area contributed by atoms with Gasteiger partial charge in [-0.1, -0.05) is 53.7 Å². The smallest absolute Gasteiger partial charge is 0.302 e. The minimum Gasteiger partial charge on any atom is -0.462 e. The first-order valence-electron chi connectivity index (χ1n) is 14.5. The van der Waals surface area contributed by atoms with E-state index in [9.17, 15) is 4.79 Å². The van der Waals surface area contributed by atoms with Crippen molar-refractivity contribution in [1.82, 2.24) is 0 Å². The Bertz CT molecular complexity index is 724. The third kappa shape index (κ3) is 4.35. The van der Waals surface area contributed by atoms with Crippen LogP contribution >= 0.6 is 0 Å². The summed E-state index contributed by atoms with van der Waals surface area (Å²) in [6.45, 7) is 16.4. The maximum Gasteiger partial charge on any atom is 0.302 e. The molecule has 10 atom stereocenters. The van der Waals surface area contributed by atoms with Crippen LogP contribution in [0, 0.1) is 58.2 Å². The monoisotopic (exact) mass is 456 g/mol. The Labute approximate surface area is 204 Å². The minimum atomic E-state index is -0.0713. The zero-order valence-corrected chi connectivity index (χ0v) is 22.7. The molecule has 0 spiro atoms. The van der Waals surface area contributed by atoms with Crippen molar-refractivity contribution < 1.29 is 9.53 Å². The van der Waals surface area contributed by atoms with Crippen molar-refractivity contribution in [2.75, 3.05) is 0 Å². The molecule has 4 rings (SSSR count). The second kappa shape index (κ2) is 9.69. The first kappa shape index (κ1) is 25.3. The van der Waals surface area contributed by atoms with E-state index in [0.717, 1.165) is 41.9 Å². The molecule has 0 aromatic rings. The predicted octanol–water partition coefficient (Wildman–Crippen LogP) is 8.45. The maximum atomic E-state index is 12.0. The molecule has 4 saturated carbocycles. The Balaban J connectivity index is 1.54. The van der Waals surface area contributed by atoms with Crippen molar-refractivity contribution in [3.8, 4) is 0 Å². The highest BCUT2D eigenvalue weighted by atomic mass is 16.5. The third-order valence-electron chi connectivity index (χ3n) is 11.7. The Morgan fingerprint density at radius 1 is 0.970 bits per heavy atom. The maximum absolute atomic E-state index is 12.0. The SMILES string of the molecule is CCC(/C=C/[C@@H](C)[C@H]1CC[C@H]2[C@@H]3CC[C@@H]4CCCC(OC(C)=O)[C@]4(C)[C@H]3CC[C@]12C)C(C)C. The summed E-state index contributed by atoms with van der Waals surface area (Å²) in [6, 6.07) is 0. The number of ether oxygens (including phenoxy) is 1. The molecule has 0 radical (unpaired) electrons. The average molecular weight is 457 g/mol. The van der Waals surface area contributed by atoms with Crippen LogP contribution in [0.5, 0.6) is 0 Å². The van der Waals surface area contributed by atoms with Gasteiger partial charge in [-0.3, -0.25) is 4.79 Å². The Hall–Kier alpha value is -0.790. The molecule has 33 heavy (non-hydrogen) atoms. The number of allylic oxidation sites excluding steroid dienone is 2. The van der Waals surface area contributed by atoms with Crippen molar-refractivity contribution >= 4 is 5.97 Å². The molecule has 0 amide bonds. The van der Waals surface area contributed by atoms with Gasteiger partial charge in [-0.05, 0) is 117 Å². The van der Waals surface area contributed by atoms with E-state index in [4.69, 9.17) is 4.74 Å². The zero-order valence-electron chi connectivity index (χ0n) is 22.7. The number of hydrogen-bond acceptors (Lipinski definition) is 2. The van der Waals surface area contributed by atoms with E-state index in [1.807, 2.05) is 0 Å². The van der Waals surface area contributed by atoms with Crippen molar-refractivity contribution in [1.29, 1.82) is 0 Å². The highest BCUT2D eigenvalue weighted by Gasteiger charge is 2.62. The van der Waals surface area contributed by atoms with Gasteiger partial charge in [-0.25, -0.2) is 0 Å². The number of esters is 1. The zero-order chi connectivity index (χ0) is 24.0. The molecule has 0 aromatic carbocycles. The summed E-state index contributed by atoms with van der Waals surface area (Å²) < 4.78 is 6.04. The summed E-state index contributed by atoms with van der Waals surface area (Å²) in [5, 5.41) is 0. The third-order valence-corrected chi connectivity index (χ3v) is 11.7. The van der Waals surface area contributed by atoms with E-state index in [0.29, 0.717) is 17.3 Å². The van der Waals surface area contributed by atoms with Gasteiger partial charge in [0, 0.05) is 12.3 Å². The lowest BCUT2D eigenvalue weighted by atomic mass is 9.44. The molecule has 2 heteroatoms. The minimum absolute atomic E-state index is 0.0713. The lowest BCUT2D eigenvalue weighted by Crippen LogP contribution is -2.58. The van der Waals surface area contributed by atoms with Crippen LogP contribution in [0.1, 0.15) is 113 Å². The predicted molar refractivity (Wildman–Crippen MR) is 138 cm³/mol. The topological polar surface area (TPSA) is 26.3 Å². The molecule has 188 valence electrons. The van der Waals surface area contributed by atoms with Gasteiger partial charge < -0.3 is 4.74 Å². The van der Waals surface area contributed by atoms with Crippen LogP contribution in [0.4, 0.5) is 0 Å². The quantitative estimate of drug-likeness (QED) is 0.296. The first-order chi connectivity index (χ1) is 15.6. The van der Waals surface area contributed by atoms with E-state index < -0.39 is 0 Å². The molecule has 0 saturated heterocycles. The fraction of sp³-hybridized carbons (Fsp3) is 0.903. The van der Waals surface area contributed by atoms with Gasteiger partial charge >= 0.3 is 5.97 Å². The molecule has 2 nitrogen and oxygen atoms in total. The normalized spacial score (nSPS) is 44.7. The molecule has 0 aromatic heterocycles. The van der Waals surface area contributed by atoms with Gasteiger partial charge in [0.05, 0.1) is 0 Å². The number of fused-ring (bicyclic) bond motifs is 5. The number of rotatable bonds is 6. The number of hydrogen-bond donors (Lipinski definition) is 0. The molecule has 4 fully saturated rings. The Morgan fingerprint density at radius 3 is 2.39 bits per heavy atom. The van der Waals surface area contributed by atoms with Gasteiger partial charge in [0.25, 0.3) is 0 Å². The van der Waals surface area contributed by atoms with E-state index in [1.165, 1.54) is 57.8 Å². The first-order valence-corrected chi connectivity index (χ1v) is 14.5. The van der Waals surface area contributed by atoms with E-state index in [2.05, 4.69) is 53.7 Å². The van der Waals surface area contributed by atoms with Crippen molar-refractivity contribution in [3.05, 3.63) is 12.2 Å². The highest BCUT2D eigenvalue weighted by Crippen LogP contribution is 2.68. The molecular weight excluding hydrogens is 404 g/mol. The van der Waals surface area contributed by atoms with Crippen molar-refractivity contribution in [3.63, 3.8) is 0 Å². The van der Waals surface area contributed by atoms with Crippen LogP contribution in [-0.4, -0.2) is 12.1 Å². The molecule has 0 heterocycles. The summed E-state index contributed by atoms with van der Waals surface area (Å²) in [6.07, 6.45) is 18.5. The van der Waals surface area contributed by atoms with Crippen LogP contribution in [0.25, 0.3) is 0 Å². The van der Waals surface area contributed by atoms with Crippen LogP contribution in [0.2, 0.25) is 0 Å². The van der Waals surface area contributed by atoms with Crippen LogP contribution in [0.15, 0.2) is 12.2 Å². The Morgan fingerprint density at radius 2 is 1.73 bits per heavy atom. The van der Waals surface area contributed by atoms with Crippen LogP contribution < -0.4 is 0 Å². The van der Waals surface area contributed by atoms with E-state index in [1.54, 1.807) is 6.92 Å². The summed E-state index contributed by atoms with van der Waals surface area (Å²) in [5.74, 6) is 6.08. The largest absolute Gasteiger partial charge is 0.462 e. The number of carbonyl (C=O) groups excluding carboxylic acids is 1. The summed E-state index contributed by atoms with van der Waals surface area (Å²) in [7, 11) is 0. The summed E-state index contributed by atoms with van der Waals surface area (Å²) >= 11 is 0. The lowest BCUT2D eigenvalue weighted by molar-refractivity contribution is -0.190. The average Bonchev–Trinajstić information content (AvgIpc) is 3.11. The van der Waals surface area contributed by atoms with Gasteiger partial charge in [-0.2, -0.15) is 0 Å². The molecule has 0 bridgehead atoms. The standard InChI is InChI=1S/C31H52O2/c1-8-23(20(2)3)13-12-21(4)26-16-17-27-25-15-14-24-10-9-11-29(33-22(5)32)31(24,7)28(25)18-19-30(26,27)6/h12-13,20-21,23-29H,8-11,14-19H2,1-7H3/b13-12+/t21-,23?,24+,25+,26-,27+,28+,29?,30-,31+/m1/s1. The van der Waals surface area contributed by atoms with E-state index in [-0.39, 0.29) is 17.5 Å². The van der Waals surface area contributed by atoms with Gasteiger partial charge in [0.15, 0.2) is 0 Å². The van der Waals surface area contributed by atoms with Crippen molar-refractivity contribution in [2.45, 2.75) is 119 Å². The molecule has 4 aliphatic rings. The molecule has 0 aliphatic heterocycles. The molecule has 0 N–H and O–H groups in total. The fourth-order valence-electron chi connectivity index (χ4n) is 9.86. The Kier molecular flexibility index (Phi) is 7.43. The van der Waals surface area contributed by atoms with Crippen molar-refractivity contribution in [2.24, 2.45) is 58.2 Å². The number of carbonyl (C=O) groups is 1. The fourth-order valence-corrected chi connectivity index (χ4v) is 9.86. The van der Waals surface area contributed by atoms with Gasteiger partial charge in [0.1, 0.15) is 6.10 Å². The van der Waals surface area contributed by atoms with Crippen LogP contribution in [-0.2, 0) is 9.53 Å². The van der Waals surface area contributed by atoms with Gasteiger partial charge in [-0.15, -0.1) is 0 Å². The molecule has 2 unspecified atom stereocenters. The second-order valence-electron chi connectivity index (χ2n) is 13.3. The van der Waals surface area contributed by atoms with E-state index >= 15 is 0 Å². The summed E-state index contributed by atoms with van der Waals surface area (Å²) in [5.41, 5.74) is 0.683. The second-order valence-corrected chi connectivity index (χ2v) is 13.3. The molecular formula is C31H52O2. The van der Waals surface area contributed by atoms with Gasteiger partial charge in [0.2, 0.25) is 0 Å². The van der Waals surface area contributed by atoms with Crippen LogP contribution in [0.3, 0.4) is 0 Å².